The van der Waals surface area contributed by atoms with Crippen molar-refractivity contribution in [2.45, 2.75) is 6.92 Å². The van der Waals surface area contributed by atoms with Crippen molar-refractivity contribution in [1.82, 2.24) is 10.4 Å². The summed E-state index contributed by atoms with van der Waals surface area (Å²) in [4.78, 5) is 10.5. The quantitative estimate of drug-likeness (QED) is 0.376. The van der Waals surface area contributed by atoms with Crippen LogP contribution in [0, 0.1) is 0 Å². The van der Waals surface area contributed by atoms with E-state index in [1.54, 1.807) is 7.05 Å². The number of hydrogen-bond donors (Lipinski definition) is 1. The highest BCUT2D eigenvalue weighted by Crippen LogP contribution is 1.77. The molecular weight excluding hydrogens is 103 g/mol. The van der Waals surface area contributed by atoms with Gasteiger partial charge in [0.25, 0.3) is 0 Å². The lowest BCUT2D eigenvalue weighted by atomic mass is 10.1. The molecule has 0 unspecified atom stereocenters. The summed E-state index contributed by atoms with van der Waals surface area (Å²) in [5.74, 6) is 0.0509. The first-order chi connectivity index (χ1) is 3.72. The molecule has 0 saturated carbocycles. The first-order valence-electron chi connectivity index (χ1n) is 2.67. The van der Waals surface area contributed by atoms with Gasteiger partial charge < -0.3 is 0 Å². The molecule has 0 heterocycles. The zero-order chi connectivity index (χ0) is 6.57. The second-order valence-corrected chi connectivity index (χ2v) is 1.49. The minimum Gasteiger partial charge on any atom is -0.288 e. The molecular formula is C4H11BN2O. The van der Waals surface area contributed by atoms with Gasteiger partial charge in [-0.3, -0.25) is 9.80 Å². The maximum absolute atomic E-state index is 10.5. The van der Waals surface area contributed by atoms with Gasteiger partial charge in [0, 0.05) is 13.6 Å². The highest BCUT2D eigenvalue weighted by atomic mass is 16.2. The summed E-state index contributed by atoms with van der Waals surface area (Å²) in [6.45, 7) is 2.63. The molecule has 0 fully saturated rings. The van der Waals surface area contributed by atoms with E-state index in [1.165, 1.54) is 12.9 Å². The number of rotatable bonds is 2. The number of carbonyl (C=O) groups is 1. The van der Waals surface area contributed by atoms with E-state index in [2.05, 4.69) is 5.43 Å². The fraction of sp³-hybridized carbons (Fsp3) is 0.750. The molecule has 3 nitrogen and oxygen atoms in total. The summed E-state index contributed by atoms with van der Waals surface area (Å²) in [6, 6.07) is 0. The molecule has 0 bridgehead atoms. The zero-order valence-electron chi connectivity index (χ0n) is 5.56. The van der Waals surface area contributed by atoms with Gasteiger partial charge in [0.15, 0.2) is 5.81 Å². The summed E-state index contributed by atoms with van der Waals surface area (Å²) >= 11 is 0. The Labute approximate surface area is 50.4 Å². The van der Waals surface area contributed by atoms with E-state index in [-0.39, 0.29) is 5.81 Å². The SMILES string of the molecule is BC(=O)N(CC)NC. The molecule has 0 rings (SSSR count). The molecule has 0 aromatic rings. The summed E-state index contributed by atoms with van der Waals surface area (Å²) < 4.78 is 0. The van der Waals surface area contributed by atoms with Gasteiger partial charge in [-0.05, 0) is 6.92 Å². The van der Waals surface area contributed by atoms with Crippen LogP contribution in [0.4, 0.5) is 4.79 Å². The number of hydrazine groups is 1. The minimum absolute atomic E-state index is 0.0509. The predicted octanol–water partition coefficient (Wildman–Crippen LogP) is -0.804. The molecule has 0 aliphatic heterocycles. The summed E-state index contributed by atoms with van der Waals surface area (Å²) in [5, 5.41) is 1.53. The molecule has 1 amide bonds. The zero-order valence-corrected chi connectivity index (χ0v) is 5.56. The largest absolute Gasteiger partial charge is 0.288 e. The Hall–Kier alpha value is -0.505. The van der Waals surface area contributed by atoms with Gasteiger partial charge in [-0.15, -0.1) is 0 Å². The van der Waals surface area contributed by atoms with Crippen LogP contribution in [-0.4, -0.2) is 32.3 Å². The minimum atomic E-state index is 0.0509. The highest BCUT2D eigenvalue weighted by Gasteiger charge is 1.98. The van der Waals surface area contributed by atoms with Gasteiger partial charge in [0.1, 0.15) is 0 Å². The first-order valence-corrected chi connectivity index (χ1v) is 2.67. The highest BCUT2D eigenvalue weighted by molar-refractivity contribution is 6.56. The molecule has 0 aliphatic rings. The van der Waals surface area contributed by atoms with E-state index in [0.29, 0.717) is 6.54 Å². The van der Waals surface area contributed by atoms with Crippen LogP contribution in [0.1, 0.15) is 6.92 Å². The van der Waals surface area contributed by atoms with E-state index in [4.69, 9.17) is 0 Å². The number of nitrogens with one attached hydrogen (secondary N) is 1. The molecule has 8 heavy (non-hydrogen) atoms. The van der Waals surface area contributed by atoms with Gasteiger partial charge in [-0.25, -0.2) is 5.43 Å². The normalized spacial score (nSPS) is 8.75. The predicted molar refractivity (Wildman–Crippen MR) is 35.4 cm³/mol. The number of amides is 1. The van der Waals surface area contributed by atoms with Gasteiger partial charge in [0.05, 0.1) is 0 Å². The average Bonchev–Trinajstić information content (AvgIpc) is 1.69. The van der Waals surface area contributed by atoms with Crippen molar-refractivity contribution in [3.05, 3.63) is 0 Å². The summed E-state index contributed by atoms with van der Waals surface area (Å²) in [6.07, 6.45) is 0. The standard InChI is InChI=1S/C4H11BN2O/c1-3-7(6-2)4(5)8/h6H,3,5H2,1-2H3. The Balaban J connectivity index is 3.52. The lowest BCUT2D eigenvalue weighted by Gasteiger charge is -2.16. The van der Waals surface area contributed by atoms with Crippen molar-refractivity contribution in [2.75, 3.05) is 13.6 Å². The Morgan fingerprint density at radius 3 is 2.38 bits per heavy atom. The van der Waals surface area contributed by atoms with Crippen molar-refractivity contribution in [1.29, 1.82) is 0 Å². The van der Waals surface area contributed by atoms with Crippen LogP contribution in [0.15, 0.2) is 0 Å². The van der Waals surface area contributed by atoms with Gasteiger partial charge >= 0.3 is 0 Å². The lowest BCUT2D eigenvalue weighted by molar-refractivity contribution is 0.206. The van der Waals surface area contributed by atoms with E-state index in [0.717, 1.165) is 0 Å². The van der Waals surface area contributed by atoms with Gasteiger partial charge in [-0.1, -0.05) is 0 Å². The van der Waals surface area contributed by atoms with Crippen molar-refractivity contribution < 1.29 is 4.79 Å². The fourth-order valence-electron chi connectivity index (χ4n) is 0.538. The molecule has 0 radical (unpaired) electrons. The first kappa shape index (κ1) is 7.49. The van der Waals surface area contributed by atoms with E-state index < -0.39 is 0 Å². The van der Waals surface area contributed by atoms with Gasteiger partial charge in [-0.2, -0.15) is 0 Å². The van der Waals surface area contributed by atoms with Crippen LogP contribution in [0.5, 0.6) is 0 Å². The monoisotopic (exact) mass is 114 g/mol. The van der Waals surface area contributed by atoms with E-state index >= 15 is 0 Å². The molecule has 0 aromatic heterocycles. The maximum Gasteiger partial charge on any atom is 0.217 e. The van der Waals surface area contributed by atoms with Gasteiger partial charge in [0.2, 0.25) is 7.85 Å². The fourth-order valence-corrected chi connectivity index (χ4v) is 0.538. The van der Waals surface area contributed by atoms with Crippen LogP contribution < -0.4 is 5.43 Å². The third-order valence-electron chi connectivity index (χ3n) is 0.966. The summed E-state index contributed by atoms with van der Waals surface area (Å²) in [7, 11) is 3.25. The molecule has 0 spiro atoms. The van der Waals surface area contributed by atoms with E-state index in [1.807, 2.05) is 6.92 Å². The van der Waals surface area contributed by atoms with Crippen LogP contribution in [0.3, 0.4) is 0 Å². The maximum atomic E-state index is 10.5. The van der Waals surface area contributed by atoms with Crippen LogP contribution >= 0.6 is 0 Å². The number of hydrogen-bond acceptors (Lipinski definition) is 2. The topological polar surface area (TPSA) is 32.3 Å². The molecule has 0 atom stereocenters. The van der Waals surface area contributed by atoms with Crippen molar-refractivity contribution >= 4 is 13.7 Å². The van der Waals surface area contributed by atoms with E-state index in [9.17, 15) is 4.79 Å². The lowest BCUT2D eigenvalue weighted by Crippen LogP contribution is -2.39. The Kier molecular flexibility index (Phi) is 3.27. The molecule has 0 saturated heterocycles. The van der Waals surface area contributed by atoms with Crippen molar-refractivity contribution in [3.63, 3.8) is 0 Å². The summed E-state index contributed by atoms with van der Waals surface area (Å²) in [5.41, 5.74) is 2.73. The second kappa shape index (κ2) is 3.49. The van der Waals surface area contributed by atoms with Crippen molar-refractivity contribution in [3.8, 4) is 0 Å². The van der Waals surface area contributed by atoms with Crippen molar-refractivity contribution in [2.24, 2.45) is 0 Å². The molecule has 1 N–H and O–H groups in total. The van der Waals surface area contributed by atoms with Crippen LogP contribution in [-0.2, 0) is 0 Å². The Bertz CT molecular complexity index is 82.1. The Morgan fingerprint density at radius 2 is 2.38 bits per heavy atom. The number of carbonyl (C=O) groups excluding carboxylic acids is 1. The second-order valence-electron chi connectivity index (χ2n) is 1.49. The van der Waals surface area contributed by atoms with Crippen LogP contribution in [0.2, 0.25) is 0 Å². The average molecular weight is 114 g/mol. The third kappa shape index (κ3) is 1.98. The third-order valence-corrected chi connectivity index (χ3v) is 0.966. The molecule has 46 valence electrons. The molecule has 0 aliphatic carbocycles. The molecule has 0 aromatic carbocycles. The number of nitrogens with zero attached hydrogens (tertiary/aromatic N) is 1. The smallest absolute Gasteiger partial charge is 0.217 e. The van der Waals surface area contributed by atoms with Crippen LogP contribution in [0.25, 0.3) is 0 Å². The Morgan fingerprint density at radius 1 is 1.88 bits per heavy atom. The molecule has 4 heteroatoms.